The van der Waals surface area contributed by atoms with Crippen molar-refractivity contribution < 1.29 is 9.26 Å². The van der Waals surface area contributed by atoms with E-state index in [1.807, 2.05) is 12.1 Å². The fourth-order valence-electron chi connectivity index (χ4n) is 2.20. The van der Waals surface area contributed by atoms with E-state index < -0.39 is 0 Å². The smallest absolute Gasteiger partial charge is 0.244 e. The minimum Gasteiger partial charge on any atom is -0.380 e. The molecule has 1 fully saturated rings. The Morgan fingerprint density at radius 1 is 1.50 bits per heavy atom. The van der Waals surface area contributed by atoms with Gasteiger partial charge in [-0.15, -0.1) is 0 Å². The van der Waals surface area contributed by atoms with Crippen LogP contribution in [0.3, 0.4) is 0 Å². The van der Waals surface area contributed by atoms with Gasteiger partial charge < -0.3 is 14.6 Å². The summed E-state index contributed by atoms with van der Waals surface area (Å²) in [6, 6.07) is 5.59. The molecular formula is C13H13BrClN3O2. The summed E-state index contributed by atoms with van der Waals surface area (Å²) in [7, 11) is 1.71. The lowest BCUT2D eigenvalue weighted by Crippen LogP contribution is -2.16. The van der Waals surface area contributed by atoms with Gasteiger partial charge in [-0.3, -0.25) is 0 Å². The van der Waals surface area contributed by atoms with E-state index in [-0.39, 0.29) is 12.1 Å². The van der Waals surface area contributed by atoms with Crippen LogP contribution in [0.25, 0.3) is 11.4 Å². The zero-order valence-corrected chi connectivity index (χ0v) is 13.1. The van der Waals surface area contributed by atoms with Crippen LogP contribution < -0.4 is 5.32 Å². The number of nitrogens with zero attached hydrogens (tertiary/aromatic N) is 2. The average Bonchev–Trinajstić information content (AvgIpc) is 3.09. The lowest BCUT2D eigenvalue weighted by Gasteiger charge is -2.04. The zero-order chi connectivity index (χ0) is 14.1. The van der Waals surface area contributed by atoms with Crippen LogP contribution in [0.15, 0.2) is 27.2 Å². The van der Waals surface area contributed by atoms with Crippen molar-refractivity contribution in [3.63, 3.8) is 0 Å². The molecule has 7 heteroatoms. The predicted octanol–water partition coefficient (Wildman–Crippen LogP) is 3.20. The molecule has 5 nitrogen and oxygen atoms in total. The lowest BCUT2D eigenvalue weighted by molar-refractivity contribution is 0.116. The molecule has 1 aromatic heterocycles. The van der Waals surface area contributed by atoms with E-state index in [9.17, 15) is 0 Å². The molecule has 1 N–H and O–H groups in total. The number of methoxy groups -OCH3 is 1. The first-order chi connectivity index (χ1) is 9.67. The monoisotopic (exact) mass is 357 g/mol. The van der Waals surface area contributed by atoms with Gasteiger partial charge in [-0.25, -0.2) is 0 Å². The fourth-order valence-corrected chi connectivity index (χ4v) is 2.70. The first-order valence-electron chi connectivity index (χ1n) is 6.22. The van der Waals surface area contributed by atoms with E-state index in [2.05, 4.69) is 31.4 Å². The van der Waals surface area contributed by atoms with E-state index in [0.29, 0.717) is 16.7 Å². The Labute approximate surface area is 129 Å². The molecule has 1 aliphatic rings. The molecule has 0 amide bonds. The Bertz CT molecular complexity index is 619. The van der Waals surface area contributed by atoms with Crippen molar-refractivity contribution in [1.29, 1.82) is 0 Å². The van der Waals surface area contributed by atoms with Crippen molar-refractivity contribution in [3.05, 3.63) is 33.6 Å². The van der Waals surface area contributed by atoms with Crippen LogP contribution in [0.5, 0.6) is 0 Å². The maximum Gasteiger partial charge on any atom is 0.244 e. The van der Waals surface area contributed by atoms with Crippen LogP contribution in [0.2, 0.25) is 5.02 Å². The van der Waals surface area contributed by atoms with Crippen LogP contribution in [-0.4, -0.2) is 29.9 Å². The third-order valence-electron chi connectivity index (χ3n) is 3.34. The number of aromatic nitrogens is 2. The Balaban J connectivity index is 1.81. The molecule has 2 heterocycles. The van der Waals surface area contributed by atoms with E-state index in [4.69, 9.17) is 20.9 Å². The number of ether oxygens (including phenoxy) is 1. The first-order valence-corrected chi connectivity index (χ1v) is 7.39. The van der Waals surface area contributed by atoms with E-state index in [1.165, 1.54) is 0 Å². The van der Waals surface area contributed by atoms with Gasteiger partial charge in [0.25, 0.3) is 0 Å². The Morgan fingerprint density at radius 2 is 2.35 bits per heavy atom. The van der Waals surface area contributed by atoms with E-state index >= 15 is 0 Å². The highest BCUT2D eigenvalue weighted by Crippen LogP contribution is 2.29. The van der Waals surface area contributed by atoms with Crippen LogP contribution in [0, 0.1) is 0 Å². The number of hydrogen-bond acceptors (Lipinski definition) is 5. The molecule has 2 aromatic rings. The van der Waals surface area contributed by atoms with Crippen LogP contribution in [0.1, 0.15) is 18.4 Å². The highest BCUT2D eigenvalue weighted by molar-refractivity contribution is 9.10. The van der Waals surface area contributed by atoms with Crippen LogP contribution in [-0.2, 0) is 4.74 Å². The van der Waals surface area contributed by atoms with Crippen molar-refractivity contribution in [3.8, 4) is 11.4 Å². The molecule has 2 atom stereocenters. The van der Waals surface area contributed by atoms with Gasteiger partial charge in [0, 0.05) is 23.7 Å². The van der Waals surface area contributed by atoms with Crippen molar-refractivity contribution in [2.45, 2.75) is 18.6 Å². The standard InChI is InChI=1S/C13H13BrClN3O2/c1-19-8-5-11(16-6-8)13-17-12(18-20-13)7-2-3-10(15)9(14)4-7/h2-4,8,11,16H,5-6H2,1H3. The SMILES string of the molecule is COC1CNC(c2nc(-c3ccc(Cl)c(Br)c3)no2)C1. The Morgan fingerprint density at radius 3 is 3.05 bits per heavy atom. The minimum absolute atomic E-state index is 0.0527. The molecule has 0 radical (unpaired) electrons. The van der Waals surface area contributed by atoms with Gasteiger partial charge in [-0.2, -0.15) is 4.98 Å². The summed E-state index contributed by atoms with van der Waals surface area (Å²) in [6.45, 7) is 0.797. The molecule has 1 aromatic carbocycles. The normalized spacial score (nSPS) is 22.4. The molecule has 106 valence electrons. The van der Waals surface area contributed by atoms with Crippen molar-refractivity contribution in [2.24, 2.45) is 0 Å². The van der Waals surface area contributed by atoms with Crippen molar-refractivity contribution >= 4 is 27.5 Å². The van der Waals surface area contributed by atoms with Crippen LogP contribution >= 0.6 is 27.5 Å². The summed E-state index contributed by atoms with van der Waals surface area (Å²) in [5, 5.41) is 7.98. The zero-order valence-electron chi connectivity index (χ0n) is 10.8. The second kappa shape index (κ2) is 5.81. The largest absolute Gasteiger partial charge is 0.380 e. The number of hydrogen-bond donors (Lipinski definition) is 1. The third kappa shape index (κ3) is 2.74. The lowest BCUT2D eigenvalue weighted by atomic mass is 10.2. The molecule has 1 aliphatic heterocycles. The molecule has 3 rings (SSSR count). The van der Waals surface area contributed by atoms with E-state index in [1.54, 1.807) is 13.2 Å². The van der Waals surface area contributed by atoms with Crippen molar-refractivity contribution in [1.82, 2.24) is 15.5 Å². The predicted molar refractivity (Wildman–Crippen MR) is 78.6 cm³/mol. The maximum atomic E-state index is 5.97. The number of halogens is 2. The highest BCUT2D eigenvalue weighted by atomic mass is 79.9. The Kier molecular flexibility index (Phi) is 4.07. The quantitative estimate of drug-likeness (QED) is 0.913. The molecular weight excluding hydrogens is 346 g/mol. The topological polar surface area (TPSA) is 60.2 Å². The third-order valence-corrected chi connectivity index (χ3v) is 4.56. The minimum atomic E-state index is 0.0527. The summed E-state index contributed by atoms with van der Waals surface area (Å²) in [5.74, 6) is 1.14. The van der Waals surface area contributed by atoms with Crippen molar-refractivity contribution in [2.75, 3.05) is 13.7 Å². The molecule has 0 bridgehead atoms. The van der Waals surface area contributed by atoms with Gasteiger partial charge >= 0.3 is 0 Å². The summed E-state index contributed by atoms with van der Waals surface area (Å²) < 4.78 is 11.5. The summed E-state index contributed by atoms with van der Waals surface area (Å²) in [5.41, 5.74) is 0.859. The van der Waals surface area contributed by atoms with E-state index in [0.717, 1.165) is 23.0 Å². The summed E-state index contributed by atoms with van der Waals surface area (Å²) >= 11 is 9.36. The first kappa shape index (κ1) is 14.0. The molecule has 0 aliphatic carbocycles. The molecule has 0 saturated carbocycles. The molecule has 20 heavy (non-hydrogen) atoms. The van der Waals surface area contributed by atoms with Gasteiger partial charge in [-0.1, -0.05) is 16.8 Å². The second-order valence-corrected chi connectivity index (χ2v) is 5.90. The molecule has 0 spiro atoms. The molecule has 2 unspecified atom stereocenters. The van der Waals surface area contributed by atoms with Crippen LogP contribution in [0.4, 0.5) is 0 Å². The average molecular weight is 359 g/mol. The molecule has 1 saturated heterocycles. The summed E-state index contributed by atoms with van der Waals surface area (Å²) in [6.07, 6.45) is 1.03. The number of rotatable bonds is 3. The van der Waals surface area contributed by atoms with Gasteiger partial charge in [0.1, 0.15) is 0 Å². The van der Waals surface area contributed by atoms with Gasteiger partial charge in [-0.05, 0) is 40.5 Å². The van der Waals surface area contributed by atoms with Gasteiger partial charge in [0.2, 0.25) is 11.7 Å². The Hall–Kier alpha value is -0.950. The summed E-state index contributed by atoms with van der Waals surface area (Å²) in [4.78, 5) is 4.44. The van der Waals surface area contributed by atoms with Gasteiger partial charge in [0.15, 0.2) is 0 Å². The second-order valence-electron chi connectivity index (χ2n) is 4.64. The maximum absolute atomic E-state index is 5.97. The number of nitrogens with one attached hydrogen (secondary N) is 1. The van der Waals surface area contributed by atoms with Gasteiger partial charge in [0.05, 0.1) is 17.2 Å². The fraction of sp³-hybridized carbons (Fsp3) is 0.385. The highest BCUT2D eigenvalue weighted by Gasteiger charge is 2.29. The number of benzene rings is 1.